The largest absolute Gasteiger partial charge is 0.457 e. The summed E-state index contributed by atoms with van der Waals surface area (Å²) in [5.41, 5.74) is 1.96. The molecule has 210 valence electrons. The van der Waals surface area contributed by atoms with E-state index in [-0.39, 0.29) is 25.6 Å². The van der Waals surface area contributed by atoms with Crippen molar-refractivity contribution in [2.45, 2.75) is 31.9 Å². The number of hydrogen-bond donors (Lipinski definition) is 0. The van der Waals surface area contributed by atoms with E-state index >= 15 is 0 Å². The maximum Gasteiger partial charge on any atom is 0.416 e. The van der Waals surface area contributed by atoms with Crippen molar-refractivity contribution in [3.63, 3.8) is 0 Å². The van der Waals surface area contributed by atoms with Gasteiger partial charge in [-0.2, -0.15) is 13.2 Å². The zero-order valence-corrected chi connectivity index (χ0v) is 21.7. The predicted molar refractivity (Wildman–Crippen MR) is 143 cm³/mol. The Morgan fingerprint density at radius 1 is 0.650 bits per heavy atom. The molecule has 0 N–H and O–H groups in total. The van der Waals surface area contributed by atoms with Crippen LogP contribution in [0, 0.1) is 0 Å². The maximum atomic E-state index is 13.9. The van der Waals surface area contributed by atoms with E-state index in [1.807, 2.05) is 12.1 Å². The van der Waals surface area contributed by atoms with Crippen molar-refractivity contribution in [1.29, 1.82) is 0 Å². The molecule has 0 unspecified atom stereocenters. The second-order valence-electron chi connectivity index (χ2n) is 8.64. The van der Waals surface area contributed by atoms with Crippen LogP contribution in [0.4, 0.5) is 13.2 Å². The highest BCUT2D eigenvalue weighted by molar-refractivity contribution is 5.81. The van der Waals surface area contributed by atoms with E-state index < -0.39 is 23.7 Å². The van der Waals surface area contributed by atoms with Crippen LogP contribution in [0.5, 0.6) is 11.5 Å². The molecule has 0 aromatic heterocycles. The van der Waals surface area contributed by atoms with Crippen molar-refractivity contribution in [2.24, 2.45) is 0 Å². The molecular weight excluding hydrogens is 525 g/mol. The van der Waals surface area contributed by atoms with Crippen LogP contribution in [0.1, 0.15) is 27.8 Å². The quantitative estimate of drug-likeness (QED) is 0.130. The van der Waals surface area contributed by atoms with Crippen molar-refractivity contribution in [3.05, 3.63) is 120 Å². The summed E-state index contributed by atoms with van der Waals surface area (Å²) in [6, 6.07) is 18.4. The third-order valence-electron chi connectivity index (χ3n) is 5.90. The fourth-order valence-corrected chi connectivity index (χ4v) is 3.76. The molecule has 3 aromatic carbocycles. The highest BCUT2D eigenvalue weighted by Gasteiger charge is 2.33. The normalized spacial score (nSPS) is 10.9. The van der Waals surface area contributed by atoms with Crippen molar-refractivity contribution < 1.29 is 41.7 Å². The summed E-state index contributed by atoms with van der Waals surface area (Å²) in [4.78, 5) is 22.1. The zero-order valence-electron chi connectivity index (χ0n) is 21.7. The van der Waals surface area contributed by atoms with Crippen LogP contribution in [0.2, 0.25) is 0 Å². The highest BCUT2D eigenvalue weighted by Crippen LogP contribution is 2.34. The molecule has 0 aliphatic rings. The van der Waals surface area contributed by atoms with Gasteiger partial charge in [0, 0.05) is 12.2 Å². The Bertz CT molecular complexity index is 1300. The molecule has 0 radical (unpaired) electrons. The molecular formula is C31H29F3O6. The lowest BCUT2D eigenvalue weighted by Gasteiger charge is -2.15. The predicted octanol–water partition coefficient (Wildman–Crippen LogP) is 6.41. The van der Waals surface area contributed by atoms with Gasteiger partial charge in [0.25, 0.3) is 0 Å². The van der Waals surface area contributed by atoms with Gasteiger partial charge in [-0.15, -0.1) is 0 Å². The van der Waals surface area contributed by atoms with Gasteiger partial charge in [-0.25, -0.2) is 9.59 Å². The number of rotatable bonds is 14. The number of alkyl halides is 3. The van der Waals surface area contributed by atoms with Crippen LogP contribution in [-0.4, -0.2) is 25.5 Å². The number of esters is 2. The van der Waals surface area contributed by atoms with Crippen LogP contribution in [0.3, 0.4) is 0 Å². The number of carbonyl (C=O) groups excluding carboxylic acids is 2. The lowest BCUT2D eigenvalue weighted by atomic mass is 9.95. The first-order valence-corrected chi connectivity index (χ1v) is 12.4. The molecule has 0 saturated heterocycles. The molecule has 0 fully saturated rings. The standard InChI is InChI=1S/C31H29F3O6/c1-3-29(35)39-20-37-26-15-9-22(10-16-26)5-6-24-8-14-25(28(19-24)31(32,33)34)13-7-23-11-17-27(18-12-23)38-21-40-30(36)4-2/h3-4,8-12,14-19H,1-2,5-7,13,20-21H2. The average molecular weight is 555 g/mol. The molecule has 0 aliphatic carbocycles. The summed E-state index contributed by atoms with van der Waals surface area (Å²) in [6.45, 7) is 6.08. The van der Waals surface area contributed by atoms with E-state index in [0.717, 1.165) is 23.3 Å². The number of halogens is 3. The van der Waals surface area contributed by atoms with Crippen LogP contribution in [0.25, 0.3) is 0 Å². The van der Waals surface area contributed by atoms with Crippen molar-refractivity contribution in [3.8, 4) is 11.5 Å². The van der Waals surface area contributed by atoms with Crippen LogP contribution < -0.4 is 9.47 Å². The average Bonchev–Trinajstić information content (AvgIpc) is 2.95. The van der Waals surface area contributed by atoms with Crippen molar-refractivity contribution in [1.82, 2.24) is 0 Å². The third kappa shape index (κ3) is 9.65. The third-order valence-corrected chi connectivity index (χ3v) is 5.90. The van der Waals surface area contributed by atoms with Gasteiger partial charge in [0.05, 0.1) is 5.56 Å². The molecule has 0 amide bonds. The molecule has 0 aliphatic heterocycles. The van der Waals surface area contributed by atoms with Crippen molar-refractivity contribution >= 4 is 11.9 Å². The van der Waals surface area contributed by atoms with Crippen molar-refractivity contribution in [2.75, 3.05) is 13.6 Å². The molecule has 0 bridgehead atoms. The first kappa shape index (κ1) is 30.0. The minimum Gasteiger partial charge on any atom is -0.457 e. The van der Waals surface area contributed by atoms with Crippen LogP contribution in [0.15, 0.2) is 92.0 Å². The van der Waals surface area contributed by atoms with Gasteiger partial charge in [-0.1, -0.05) is 49.6 Å². The number of aryl methyl sites for hydroxylation is 4. The summed E-state index contributed by atoms with van der Waals surface area (Å²) in [6.07, 6.45) is -0.799. The lowest BCUT2D eigenvalue weighted by molar-refractivity contribution is -0.145. The van der Waals surface area contributed by atoms with E-state index in [9.17, 15) is 22.8 Å². The first-order chi connectivity index (χ1) is 19.2. The SMILES string of the molecule is C=CC(=O)OCOc1ccc(CCc2ccc(CCc3ccc(OCOC(=O)C=C)cc3)c(C(F)(F)F)c2)cc1. The zero-order chi connectivity index (χ0) is 29.0. The van der Waals surface area contributed by atoms with Gasteiger partial charge in [0.1, 0.15) is 11.5 Å². The molecule has 0 heterocycles. The Kier molecular flexibility index (Phi) is 10.9. The van der Waals surface area contributed by atoms with Gasteiger partial charge in [-0.3, -0.25) is 0 Å². The second-order valence-corrected chi connectivity index (χ2v) is 8.64. The Morgan fingerprint density at radius 2 is 1.07 bits per heavy atom. The second kappa shape index (κ2) is 14.6. The summed E-state index contributed by atoms with van der Waals surface area (Å²) < 4.78 is 61.8. The molecule has 40 heavy (non-hydrogen) atoms. The first-order valence-electron chi connectivity index (χ1n) is 12.4. The summed E-state index contributed by atoms with van der Waals surface area (Å²) >= 11 is 0. The van der Waals surface area contributed by atoms with Gasteiger partial charge < -0.3 is 18.9 Å². The summed E-state index contributed by atoms with van der Waals surface area (Å²) in [7, 11) is 0. The Labute approximate surface area is 230 Å². The molecule has 9 heteroatoms. The fraction of sp³-hybridized carbons (Fsp3) is 0.226. The lowest BCUT2D eigenvalue weighted by Crippen LogP contribution is -2.11. The number of carbonyl (C=O) groups is 2. The van der Waals surface area contributed by atoms with Gasteiger partial charge >= 0.3 is 18.1 Å². The van der Waals surface area contributed by atoms with E-state index in [1.54, 1.807) is 48.5 Å². The number of ether oxygens (including phenoxy) is 4. The van der Waals surface area contributed by atoms with Gasteiger partial charge in [0.15, 0.2) is 0 Å². The summed E-state index contributed by atoms with van der Waals surface area (Å²) in [5, 5.41) is 0. The van der Waals surface area contributed by atoms with Gasteiger partial charge in [0.2, 0.25) is 13.6 Å². The van der Waals surface area contributed by atoms with Crippen LogP contribution >= 0.6 is 0 Å². The number of hydrogen-bond acceptors (Lipinski definition) is 6. The Hall–Kier alpha value is -4.53. The summed E-state index contributed by atoms with van der Waals surface area (Å²) in [5.74, 6) is -0.223. The molecule has 0 atom stereocenters. The highest BCUT2D eigenvalue weighted by atomic mass is 19.4. The minimum absolute atomic E-state index is 0.218. The monoisotopic (exact) mass is 554 g/mol. The fourth-order valence-electron chi connectivity index (χ4n) is 3.76. The van der Waals surface area contributed by atoms with Gasteiger partial charge in [-0.05, 0) is 78.3 Å². The minimum atomic E-state index is -4.47. The number of benzene rings is 3. The Balaban J connectivity index is 1.55. The smallest absolute Gasteiger partial charge is 0.416 e. The van der Waals surface area contributed by atoms with E-state index in [2.05, 4.69) is 13.2 Å². The van der Waals surface area contributed by atoms with E-state index in [0.29, 0.717) is 36.3 Å². The Morgan fingerprint density at radius 3 is 1.52 bits per heavy atom. The molecule has 0 saturated carbocycles. The molecule has 0 spiro atoms. The topological polar surface area (TPSA) is 71.1 Å². The van der Waals surface area contributed by atoms with E-state index in [1.165, 1.54) is 6.07 Å². The molecule has 3 rings (SSSR count). The van der Waals surface area contributed by atoms with E-state index in [4.69, 9.17) is 18.9 Å². The van der Waals surface area contributed by atoms with Crippen LogP contribution in [-0.2, 0) is 50.9 Å². The maximum absolute atomic E-state index is 13.9. The molecule has 3 aromatic rings. The molecule has 6 nitrogen and oxygen atoms in total.